The minimum atomic E-state index is 0. The zero-order valence-corrected chi connectivity index (χ0v) is 19.8. The van der Waals surface area contributed by atoms with E-state index < -0.39 is 0 Å². The summed E-state index contributed by atoms with van der Waals surface area (Å²) in [6.07, 6.45) is 10.8. The summed E-state index contributed by atoms with van der Waals surface area (Å²) in [6.45, 7) is 4.74. The van der Waals surface area contributed by atoms with Crippen LogP contribution in [0.3, 0.4) is 0 Å². The maximum atomic E-state index is 3.90. The summed E-state index contributed by atoms with van der Waals surface area (Å²) in [7, 11) is 0. The van der Waals surface area contributed by atoms with Gasteiger partial charge in [-0.2, -0.15) is 0 Å². The molecule has 3 heterocycles. The molecule has 5 rings (SSSR count). The second-order valence-corrected chi connectivity index (χ2v) is 8.45. The zero-order valence-electron chi connectivity index (χ0n) is 18.2. The van der Waals surface area contributed by atoms with E-state index in [1.165, 1.54) is 61.8 Å². The van der Waals surface area contributed by atoms with Gasteiger partial charge in [0.25, 0.3) is 0 Å². The Bertz CT molecular complexity index is 1070. The lowest BCUT2D eigenvalue weighted by Gasteiger charge is -2.32. The lowest BCUT2D eigenvalue weighted by Crippen LogP contribution is -2.35. The zero-order chi connectivity index (χ0) is 20.2. The van der Waals surface area contributed by atoms with Gasteiger partial charge in [0.15, 0.2) is 0 Å². The molecule has 7 heteroatoms. The highest BCUT2D eigenvalue weighted by Gasteiger charge is 2.19. The van der Waals surface area contributed by atoms with Gasteiger partial charge in [-0.25, -0.2) is 0 Å². The molecule has 0 amide bonds. The van der Waals surface area contributed by atoms with Crippen LogP contribution in [-0.4, -0.2) is 43.9 Å². The van der Waals surface area contributed by atoms with Gasteiger partial charge in [-0.1, -0.05) is 30.3 Å². The quantitative estimate of drug-likeness (QED) is 0.361. The molecule has 0 aliphatic carbocycles. The normalized spacial score (nSPS) is 14.8. The van der Waals surface area contributed by atoms with Crippen molar-refractivity contribution in [3.05, 3.63) is 79.0 Å². The summed E-state index contributed by atoms with van der Waals surface area (Å²) < 4.78 is 4.33. The summed E-state index contributed by atoms with van der Waals surface area (Å²) in [5.74, 6) is 0.844. The van der Waals surface area contributed by atoms with Crippen molar-refractivity contribution in [3.8, 4) is 5.69 Å². The molecule has 0 unspecified atom stereocenters. The van der Waals surface area contributed by atoms with Crippen LogP contribution in [0.2, 0.25) is 0 Å². The average Bonchev–Trinajstić information content (AvgIpc) is 3.46. The van der Waals surface area contributed by atoms with Crippen LogP contribution in [0.4, 0.5) is 0 Å². The van der Waals surface area contributed by atoms with E-state index in [9.17, 15) is 0 Å². The summed E-state index contributed by atoms with van der Waals surface area (Å²) in [6, 6.07) is 19.7. The Labute approximate surface area is 202 Å². The minimum absolute atomic E-state index is 0. The number of nitrogens with zero attached hydrogens (tertiary/aromatic N) is 5. The van der Waals surface area contributed by atoms with Crippen molar-refractivity contribution in [2.45, 2.75) is 32.2 Å². The molecule has 170 valence electrons. The maximum absolute atomic E-state index is 3.90. The number of hydrogen-bond acceptors (Lipinski definition) is 3. The first-order valence-electron chi connectivity index (χ1n) is 11.1. The van der Waals surface area contributed by atoms with Gasteiger partial charge in [-0.05, 0) is 81.1 Å². The predicted octanol–water partition coefficient (Wildman–Crippen LogP) is 5.41. The van der Waals surface area contributed by atoms with Crippen LogP contribution in [0.1, 0.15) is 24.8 Å². The van der Waals surface area contributed by atoms with Gasteiger partial charge in [0.05, 0.1) is 0 Å². The number of piperidine rings is 1. The Morgan fingerprint density at radius 2 is 1.59 bits per heavy atom. The molecule has 0 N–H and O–H groups in total. The van der Waals surface area contributed by atoms with E-state index in [-0.39, 0.29) is 24.8 Å². The van der Waals surface area contributed by atoms with Crippen LogP contribution in [0.25, 0.3) is 16.6 Å². The molecule has 5 nitrogen and oxygen atoms in total. The monoisotopic (exact) mass is 471 g/mol. The number of benzene rings is 2. The maximum Gasteiger partial charge on any atom is 0.123 e. The van der Waals surface area contributed by atoms with Crippen molar-refractivity contribution in [2.24, 2.45) is 5.92 Å². The van der Waals surface area contributed by atoms with E-state index in [0.717, 1.165) is 18.2 Å². The molecule has 0 spiro atoms. The topological polar surface area (TPSA) is 38.9 Å². The van der Waals surface area contributed by atoms with E-state index in [1.54, 1.807) is 12.7 Å². The number of rotatable bonds is 7. The summed E-state index contributed by atoms with van der Waals surface area (Å²) in [5, 5.41) is 9.06. The SMILES string of the molecule is Cl.Cl.c1ccc(CC2CCN(CCCn3ccc4cc(-n5cnnc5)ccc43)CC2)cc1. The molecule has 2 aromatic heterocycles. The fourth-order valence-corrected chi connectivity index (χ4v) is 4.70. The van der Waals surface area contributed by atoms with Crippen LogP contribution in [-0.2, 0) is 13.0 Å². The van der Waals surface area contributed by atoms with E-state index in [4.69, 9.17) is 0 Å². The molecule has 0 bridgehead atoms. The van der Waals surface area contributed by atoms with Crippen molar-refractivity contribution < 1.29 is 0 Å². The fourth-order valence-electron chi connectivity index (χ4n) is 4.70. The molecule has 0 radical (unpaired) electrons. The van der Waals surface area contributed by atoms with Crippen LogP contribution in [0, 0.1) is 5.92 Å². The molecule has 1 saturated heterocycles. The van der Waals surface area contributed by atoms with E-state index >= 15 is 0 Å². The standard InChI is InChI=1S/C25H29N5.2ClH/c1-2-5-21(6-3-1)17-22-9-14-28(15-10-22)12-4-13-29-16-11-23-18-24(7-8-25(23)29)30-19-26-27-20-30;;/h1-3,5-8,11,16,18-20,22H,4,9-10,12-15,17H2;2*1H. The molecule has 0 atom stereocenters. The Morgan fingerprint density at radius 1 is 0.844 bits per heavy atom. The highest BCUT2D eigenvalue weighted by Crippen LogP contribution is 2.23. The Morgan fingerprint density at radius 3 is 2.34 bits per heavy atom. The molecule has 2 aromatic carbocycles. The third-order valence-corrected chi connectivity index (χ3v) is 6.42. The third kappa shape index (κ3) is 5.71. The second-order valence-electron chi connectivity index (χ2n) is 8.45. The molecular weight excluding hydrogens is 441 g/mol. The first kappa shape index (κ1) is 24.3. The van der Waals surface area contributed by atoms with Crippen molar-refractivity contribution >= 4 is 35.7 Å². The van der Waals surface area contributed by atoms with Crippen molar-refractivity contribution in [1.82, 2.24) is 24.2 Å². The third-order valence-electron chi connectivity index (χ3n) is 6.42. The van der Waals surface area contributed by atoms with Crippen LogP contribution in [0.5, 0.6) is 0 Å². The van der Waals surface area contributed by atoms with Gasteiger partial charge in [-0.15, -0.1) is 35.0 Å². The minimum Gasteiger partial charge on any atom is -0.347 e. The average molecular weight is 472 g/mol. The number of aromatic nitrogens is 4. The van der Waals surface area contributed by atoms with Gasteiger partial charge < -0.3 is 9.47 Å². The van der Waals surface area contributed by atoms with Crippen LogP contribution in [0.15, 0.2) is 73.4 Å². The van der Waals surface area contributed by atoms with E-state index in [1.807, 2.05) is 4.57 Å². The Balaban J connectivity index is 0.00000144. The van der Waals surface area contributed by atoms with E-state index in [0.29, 0.717) is 0 Å². The van der Waals surface area contributed by atoms with Crippen molar-refractivity contribution in [1.29, 1.82) is 0 Å². The number of fused-ring (bicyclic) bond motifs is 1. The predicted molar refractivity (Wildman–Crippen MR) is 135 cm³/mol. The molecule has 4 aromatic rings. The smallest absolute Gasteiger partial charge is 0.123 e. The number of aryl methyl sites for hydroxylation is 1. The van der Waals surface area contributed by atoms with Gasteiger partial charge in [0, 0.05) is 29.3 Å². The molecule has 1 aliphatic heterocycles. The van der Waals surface area contributed by atoms with Crippen molar-refractivity contribution in [2.75, 3.05) is 19.6 Å². The molecule has 32 heavy (non-hydrogen) atoms. The van der Waals surface area contributed by atoms with Crippen LogP contribution >= 0.6 is 24.8 Å². The molecular formula is C25H31Cl2N5. The summed E-state index contributed by atoms with van der Waals surface area (Å²) >= 11 is 0. The largest absolute Gasteiger partial charge is 0.347 e. The Kier molecular flexibility index (Phi) is 8.74. The number of likely N-dealkylation sites (tertiary alicyclic amines) is 1. The summed E-state index contributed by atoms with van der Waals surface area (Å²) in [4.78, 5) is 2.65. The van der Waals surface area contributed by atoms with Gasteiger partial charge in [0.2, 0.25) is 0 Å². The lowest BCUT2D eigenvalue weighted by atomic mass is 9.90. The van der Waals surface area contributed by atoms with Gasteiger partial charge >= 0.3 is 0 Å². The highest BCUT2D eigenvalue weighted by molar-refractivity contribution is 5.85. The molecule has 0 saturated carbocycles. The van der Waals surface area contributed by atoms with Gasteiger partial charge in [-0.3, -0.25) is 4.57 Å². The molecule has 1 fully saturated rings. The van der Waals surface area contributed by atoms with Gasteiger partial charge in [0.1, 0.15) is 12.7 Å². The first-order chi connectivity index (χ1) is 14.8. The number of halogens is 2. The summed E-state index contributed by atoms with van der Waals surface area (Å²) in [5.41, 5.74) is 3.89. The highest BCUT2D eigenvalue weighted by atomic mass is 35.5. The number of hydrogen-bond donors (Lipinski definition) is 0. The van der Waals surface area contributed by atoms with Crippen molar-refractivity contribution in [3.63, 3.8) is 0 Å². The Hall–Kier alpha value is -2.34. The fraction of sp³-hybridized carbons (Fsp3) is 0.360. The lowest BCUT2D eigenvalue weighted by molar-refractivity contribution is 0.180. The second kappa shape index (κ2) is 11.5. The van der Waals surface area contributed by atoms with Crippen LogP contribution < -0.4 is 0 Å². The molecule has 1 aliphatic rings. The first-order valence-corrected chi connectivity index (χ1v) is 11.1. The van der Waals surface area contributed by atoms with E-state index in [2.05, 4.69) is 80.5 Å².